The quantitative estimate of drug-likeness (QED) is 0.911. The van der Waals surface area contributed by atoms with Crippen LogP contribution in [0.5, 0.6) is 0 Å². The SMILES string of the molecule is CC(O)[C@H]1C(=O)N(Cc2ccccc2)C[C@H](C)N1C(=O)OC(C)(C)C. The zero-order chi connectivity index (χ0) is 18.8. The maximum absolute atomic E-state index is 12.9. The Balaban J connectivity index is 2.22. The van der Waals surface area contributed by atoms with Crippen molar-refractivity contribution in [3.8, 4) is 0 Å². The number of amides is 2. The van der Waals surface area contributed by atoms with Crippen LogP contribution in [0.25, 0.3) is 0 Å². The Bertz CT molecular complexity index is 610. The van der Waals surface area contributed by atoms with Crippen molar-refractivity contribution >= 4 is 12.0 Å². The highest BCUT2D eigenvalue weighted by atomic mass is 16.6. The molecule has 1 aromatic carbocycles. The van der Waals surface area contributed by atoms with Crippen molar-refractivity contribution in [2.24, 2.45) is 0 Å². The van der Waals surface area contributed by atoms with Gasteiger partial charge in [-0.05, 0) is 40.2 Å². The molecule has 1 saturated heterocycles. The highest BCUT2D eigenvalue weighted by Crippen LogP contribution is 2.24. The van der Waals surface area contributed by atoms with E-state index in [1.54, 1.807) is 25.7 Å². The summed E-state index contributed by atoms with van der Waals surface area (Å²) in [5, 5.41) is 10.2. The number of hydrogen-bond donors (Lipinski definition) is 1. The number of nitrogens with zero attached hydrogens (tertiary/aromatic N) is 2. The van der Waals surface area contributed by atoms with Crippen LogP contribution in [0.3, 0.4) is 0 Å². The molecule has 25 heavy (non-hydrogen) atoms. The van der Waals surface area contributed by atoms with Gasteiger partial charge in [0.15, 0.2) is 0 Å². The van der Waals surface area contributed by atoms with E-state index in [1.807, 2.05) is 37.3 Å². The van der Waals surface area contributed by atoms with E-state index in [1.165, 1.54) is 11.8 Å². The van der Waals surface area contributed by atoms with Crippen molar-refractivity contribution in [1.29, 1.82) is 0 Å². The summed E-state index contributed by atoms with van der Waals surface area (Å²) in [5.41, 5.74) is 0.350. The van der Waals surface area contributed by atoms with E-state index in [0.717, 1.165) is 5.56 Å². The van der Waals surface area contributed by atoms with Crippen molar-refractivity contribution < 1.29 is 19.4 Å². The Labute approximate surface area is 149 Å². The zero-order valence-corrected chi connectivity index (χ0v) is 15.6. The molecule has 0 saturated carbocycles. The molecule has 0 radical (unpaired) electrons. The number of rotatable bonds is 3. The summed E-state index contributed by atoms with van der Waals surface area (Å²) in [6, 6.07) is 8.48. The van der Waals surface area contributed by atoms with Crippen LogP contribution in [0.15, 0.2) is 30.3 Å². The molecule has 2 amide bonds. The Morgan fingerprint density at radius 1 is 1.32 bits per heavy atom. The number of carbonyl (C=O) groups excluding carboxylic acids is 2. The normalized spacial score (nSPS) is 22.7. The van der Waals surface area contributed by atoms with Crippen LogP contribution < -0.4 is 0 Å². The third-order valence-corrected chi connectivity index (χ3v) is 4.10. The number of hydrogen-bond acceptors (Lipinski definition) is 4. The maximum atomic E-state index is 12.9. The van der Waals surface area contributed by atoms with E-state index in [4.69, 9.17) is 4.74 Å². The molecule has 1 aliphatic rings. The van der Waals surface area contributed by atoms with Crippen molar-refractivity contribution in [3.05, 3.63) is 35.9 Å². The van der Waals surface area contributed by atoms with Gasteiger partial charge in [-0.3, -0.25) is 9.69 Å². The van der Waals surface area contributed by atoms with E-state index in [0.29, 0.717) is 13.1 Å². The molecule has 1 N–H and O–H groups in total. The lowest BCUT2D eigenvalue weighted by Gasteiger charge is -2.45. The van der Waals surface area contributed by atoms with Crippen molar-refractivity contribution in [1.82, 2.24) is 9.80 Å². The van der Waals surface area contributed by atoms with Crippen molar-refractivity contribution in [2.45, 2.75) is 65.0 Å². The van der Waals surface area contributed by atoms with Gasteiger partial charge in [-0.1, -0.05) is 30.3 Å². The average Bonchev–Trinajstić information content (AvgIpc) is 2.49. The van der Waals surface area contributed by atoms with Gasteiger partial charge in [0.05, 0.1) is 12.1 Å². The first-order chi connectivity index (χ1) is 11.6. The van der Waals surface area contributed by atoms with Gasteiger partial charge in [0, 0.05) is 13.1 Å². The van der Waals surface area contributed by atoms with Crippen LogP contribution >= 0.6 is 0 Å². The average molecular weight is 348 g/mol. The molecule has 1 heterocycles. The van der Waals surface area contributed by atoms with Gasteiger partial charge in [0.25, 0.3) is 0 Å². The number of aliphatic hydroxyl groups is 1. The molecule has 3 atom stereocenters. The van der Waals surface area contributed by atoms with Crippen LogP contribution in [0.4, 0.5) is 4.79 Å². The van der Waals surface area contributed by atoms with Crippen LogP contribution in [0, 0.1) is 0 Å². The molecular weight excluding hydrogens is 320 g/mol. The molecular formula is C19H28N2O4. The Hall–Kier alpha value is -2.08. The molecule has 6 heteroatoms. The summed E-state index contributed by atoms with van der Waals surface area (Å²) in [6.07, 6.45) is -1.56. The van der Waals surface area contributed by atoms with Crippen LogP contribution in [0.2, 0.25) is 0 Å². The Morgan fingerprint density at radius 3 is 2.44 bits per heavy atom. The van der Waals surface area contributed by atoms with Crippen LogP contribution in [0.1, 0.15) is 40.2 Å². The zero-order valence-electron chi connectivity index (χ0n) is 15.6. The number of piperazine rings is 1. The maximum Gasteiger partial charge on any atom is 0.411 e. The third-order valence-electron chi connectivity index (χ3n) is 4.10. The van der Waals surface area contributed by atoms with Gasteiger partial charge in [0.1, 0.15) is 11.6 Å². The van der Waals surface area contributed by atoms with Crippen molar-refractivity contribution in [2.75, 3.05) is 6.54 Å². The molecule has 0 spiro atoms. The largest absolute Gasteiger partial charge is 0.444 e. The van der Waals surface area contributed by atoms with Gasteiger partial charge >= 0.3 is 6.09 Å². The van der Waals surface area contributed by atoms with E-state index >= 15 is 0 Å². The lowest BCUT2D eigenvalue weighted by Crippen LogP contribution is -2.65. The predicted octanol–water partition coefficient (Wildman–Crippen LogP) is 2.40. The smallest absolute Gasteiger partial charge is 0.411 e. The second-order valence-electron chi connectivity index (χ2n) is 7.63. The standard InChI is InChI=1S/C19H28N2O4/c1-13-11-20(12-15-9-7-6-8-10-15)17(23)16(14(2)22)21(13)18(24)25-19(3,4)5/h6-10,13-14,16,22H,11-12H2,1-5H3/t13-,14?,16-/m0/s1. The summed E-state index contributed by atoms with van der Waals surface area (Å²) in [5.74, 6) is -0.261. The summed E-state index contributed by atoms with van der Waals surface area (Å²) in [7, 11) is 0. The molecule has 0 bridgehead atoms. The first kappa shape index (κ1) is 19.2. The highest BCUT2D eigenvalue weighted by molar-refractivity contribution is 5.88. The van der Waals surface area contributed by atoms with Gasteiger partial charge in [0.2, 0.25) is 5.91 Å². The summed E-state index contributed by atoms with van der Waals surface area (Å²) in [6.45, 7) is 9.58. The minimum Gasteiger partial charge on any atom is -0.444 e. The minimum atomic E-state index is -0.985. The van der Waals surface area contributed by atoms with E-state index < -0.39 is 23.8 Å². The minimum absolute atomic E-state index is 0.254. The van der Waals surface area contributed by atoms with Crippen LogP contribution in [-0.2, 0) is 16.1 Å². The fraction of sp³-hybridized carbons (Fsp3) is 0.579. The number of carbonyl (C=O) groups is 2. The highest BCUT2D eigenvalue weighted by Gasteiger charge is 2.45. The van der Waals surface area contributed by atoms with Gasteiger partial charge in [-0.2, -0.15) is 0 Å². The first-order valence-electron chi connectivity index (χ1n) is 8.62. The fourth-order valence-corrected chi connectivity index (χ4v) is 3.07. The molecule has 1 aromatic rings. The lowest BCUT2D eigenvalue weighted by atomic mass is 10.0. The number of ether oxygens (including phenoxy) is 1. The summed E-state index contributed by atoms with van der Waals surface area (Å²) >= 11 is 0. The van der Waals surface area contributed by atoms with E-state index in [-0.39, 0.29) is 11.9 Å². The van der Waals surface area contributed by atoms with E-state index in [2.05, 4.69) is 0 Å². The van der Waals surface area contributed by atoms with Gasteiger partial charge in [-0.15, -0.1) is 0 Å². The molecule has 6 nitrogen and oxygen atoms in total. The van der Waals surface area contributed by atoms with Crippen molar-refractivity contribution in [3.63, 3.8) is 0 Å². The second-order valence-corrected chi connectivity index (χ2v) is 7.63. The number of benzene rings is 1. The summed E-state index contributed by atoms with van der Waals surface area (Å²) in [4.78, 5) is 28.6. The second kappa shape index (κ2) is 7.44. The molecule has 138 valence electrons. The molecule has 2 rings (SSSR count). The molecule has 0 aromatic heterocycles. The monoisotopic (exact) mass is 348 g/mol. The first-order valence-corrected chi connectivity index (χ1v) is 8.62. The fourth-order valence-electron chi connectivity index (χ4n) is 3.07. The van der Waals surface area contributed by atoms with Crippen LogP contribution in [-0.4, -0.2) is 57.2 Å². The van der Waals surface area contributed by atoms with E-state index in [9.17, 15) is 14.7 Å². The van der Waals surface area contributed by atoms with Gasteiger partial charge in [-0.25, -0.2) is 4.79 Å². The summed E-state index contributed by atoms with van der Waals surface area (Å²) < 4.78 is 5.44. The Kier molecular flexibility index (Phi) is 5.72. The molecule has 0 aliphatic carbocycles. The third kappa shape index (κ3) is 4.72. The topological polar surface area (TPSA) is 70.1 Å². The molecule has 1 aliphatic heterocycles. The Morgan fingerprint density at radius 2 is 1.92 bits per heavy atom. The molecule has 1 unspecified atom stereocenters. The predicted molar refractivity (Wildman–Crippen MR) is 94.9 cm³/mol. The lowest BCUT2D eigenvalue weighted by molar-refractivity contribution is -0.150. The van der Waals surface area contributed by atoms with Gasteiger partial charge < -0.3 is 14.7 Å². The molecule has 1 fully saturated rings. The number of aliphatic hydroxyl groups excluding tert-OH is 1.